The molecular formula is C19H26N2O3. The van der Waals surface area contributed by atoms with Crippen LogP contribution in [0, 0.1) is 5.92 Å². The summed E-state index contributed by atoms with van der Waals surface area (Å²) in [4.78, 5) is 27.1. The predicted molar refractivity (Wildman–Crippen MR) is 92.6 cm³/mol. The van der Waals surface area contributed by atoms with Crippen molar-refractivity contribution in [3.05, 3.63) is 29.8 Å². The molecule has 1 saturated heterocycles. The van der Waals surface area contributed by atoms with Gasteiger partial charge in [0.25, 0.3) is 0 Å². The number of benzene rings is 1. The summed E-state index contributed by atoms with van der Waals surface area (Å²) in [6.07, 6.45) is 6.44. The number of anilines is 1. The van der Waals surface area contributed by atoms with E-state index in [-0.39, 0.29) is 30.4 Å². The summed E-state index contributed by atoms with van der Waals surface area (Å²) in [6, 6.07) is 7.17. The number of nitrogens with one attached hydrogen (secondary N) is 1. The van der Waals surface area contributed by atoms with Gasteiger partial charge in [0, 0.05) is 24.8 Å². The molecule has 1 aliphatic heterocycles. The highest BCUT2D eigenvalue weighted by molar-refractivity contribution is 5.97. The maximum atomic E-state index is 12.7. The highest BCUT2D eigenvalue weighted by Crippen LogP contribution is 2.30. The Hall–Kier alpha value is -1.88. The van der Waals surface area contributed by atoms with Gasteiger partial charge in [-0.15, -0.1) is 0 Å². The molecule has 3 rings (SSSR count). The molecule has 1 saturated carbocycles. The first-order valence-corrected chi connectivity index (χ1v) is 9.00. The average molecular weight is 330 g/mol. The van der Waals surface area contributed by atoms with Crippen LogP contribution in [0.1, 0.15) is 44.1 Å². The lowest BCUT2D eigenvalue weighted by Gasteiger charge is -2.26. The van der Waals surface area contributed by atoms with Gasteiger partial charge in [0.15, 0.2) is 0 Å². The van der Waals surface area contributed by atoms with Crippen LogP contribution in [0.15, 0.2) is 24.3 Å². The van der Waals surface area contributed by atoms with Crippen LogP contribution in [0.3, 0.4) is 0 Å². The number of hydrogen-bond donors (Lipinski definition) is 2. The standard InChI is InChI=1S/C19H26N2O3/c22-13-11-14-7-9-16(10-8-14)20-18(23)17-6-3-12-21(17)19(24)15-4-1-2-5-15/h7-10,15,17,22H,1-6,11-13H2,(H,20,23). The number of nitrogens with zero attached hydrogens (tertiary/aromatic N) is 1. The highest BCUT2D eigenvalue weighted by Gasteiger charge is 2.37. The molecule has 24 heavy (non-hydrogen) atoms. The normalized spacial score (nSPS) is 21.2. The van der Waals surface area contributed by atoms with Crippen molar-refractivity contribution in [3.63, 3.8) is 0 Å². The molecule has 2 fully saturated rings. The number of hydrogen-bond acceptors (Lipinski definition) is 3. The molecule has 1 heterocycles. The van der Waals surface area contributed by atoms with Crippen molar-refractivity contribution in [3.8, 4) is 0 Å². The molecule has 1 unspecified atom stereocenters. The maximum absolute atomic E-state index is 12.7. The molecule has 5 nitrogen and oxygen atoms in total. The Balaban J connectivity index is 1.61. The minimum absolute atomic E-state index is 0.0891. The van der Waals surface area contributed by atoms with Crippen molar-refractivity contribution in [1.29, 1.82) is 0 Å². The summed E-state index contributed by atoms with van der Waals surface area (Å²) in [6.45, 7) is 0.814. The zero-order valence-corrected chi connectivity index (χ0v) is 14.0. The topological polar surface area (TPSA) is 69.6 Å². The molecule has 0 bridgehead atoms. The number of carbonyl (C=O) groups excluding carboxylic acids is 2. The van der Waals surface area contributed by atoms with Crippen molar-refractivity contribution in [1.82, 2.24) is 4.90 Å². The van der Waals surface area contributed by atoms with Crippen LogP contribution in [0.2, 0.25) is 0 Å². The van der Waals surface area contributed by atoms with Gasteiger partial charge >= 0.3 is 0 Å². The summed E-state index contributed by atoms with van der Waals surface area (Å²) < 4.78 is 0. The maximum Gasteiger partial charge on any atom is 0.247 e. The summed E-state index contributed by atoms with van der Waals surface area (Å²) in [5.41, 5.74) is 1.77. The Bertz CT molecular complexity index is 579. The summed E-state index contributed by atoms with van der Waals surface area (Å²) in [5, 5.41) is 11.9. The van der Waals surface area contributed by atoms with Crippen molar-refractivity contribution in [2.45, 2.75) is 51.0 Å². The highest BCUT2D eigenvalue weighted by atomic mass is 16.3. The molecule has 2 aliphatic rings. The van der Waals surface area contributed by atoms with E-state index >= 15 is 0 Å². The number of aliphatic hydroxyl groups is 1. The number of amides is 2. The van der Waals surface area contributed by atoms with E-state index in [0.717, 1.165) is 49.8 Å². The molecular weight excluding hydrogens is 304 g/mol. The Kier molecular flexibility index (Phi) is 5.51. The largest absolute Gasteiger partial charge is 0.396 e. The first-order valence-electron chi connectivity index (χ1n) is 9.00. The minimum Gasteiger partial charge on any atom is -0.396 e. The molecule has 1 aromatic carbocycles. The Morgan fingerprint density at radius 1 is 1.08 bits per heavy atom. The average Bonchev–Trinajstić information content (AvgIpc) is 3.28. The molecule has 1 atom stereocenters. The first kappa shape index (κ1) is 17.0. The van der Waals surface area contributed by atoms with Gasteiger partial charge in [0.2, 0.25) is 11.8 Å². The van der Waals surface area contributed by atoms with Crippen LogP contribution in [-0.2, 0) is 16.0 Å². The van der Waals surface area contributed by atoms with Gasteiger partial charge in [-0.3, -0.25) is 9.59 Å². The van der Waals surface area contributed by atoms with Crippen LogP contribution in [0.5, 0.6) is 0 Å². The molecule has 2 N–H and O–H groups in total. The van der Waals surface area contributed by atoms with Crippen molar-refractivity contribution >= 4 is 17.5 Å². The number of aliphatic hydroxyl groups excluding tert-OH is 1. The lowest BCUT2D eigenvalue weighted by molar-refractivity contribution is -0.140. The van der Waals surface area contributed by atoms with E-state index in [9.17, 15) is 9.59 Å². The van der Waals surface area contributed by atoms with Crippen LogP contribution in [0.4, 0.5) is 5.69 Å². The Morgan fingerprint density at radius 3 is 2.46 bits per heavy atom. The van der Waals surface area contributed by atoms with Crippen molar-refractivity contribution in [2.24, 2.45) is 5.92 Å². The fraction of sp³-hybridized carbons (Fsp3) is 0.579. The second-order valence-corrected chi connectivity index (χ2v) is 6.83. The van der Waals surface area contributed by atoms with Crippen LogP contribution in [-0.4, -0.2) is 41.0 Å². The SMILES string of the molecule is O=C(Nc1ccc(CCO)cc1)C1CCCN1C(=O)C1CCCC1. The quantitative estimate of drug-likeness (QED) is 0.870. The molecule has 1 aliphatic carbocycles. The van der Waals surface area contributed by atoms with Crippen LogP contribution in [0.25, 0.3) is 0 Å². The monoisotopic (exact) mass is 330 g/mol. The van der Waals surface area contributed by atoms with E-state index in [1.54, 1.807) is 4.90 Å². The van der Waals surface area contributed by atoms with Gasteiger partial charge in [-0.05, 0) is 49.8 Å². The molecule has 0 spiro atoms. The fourth-order valence-corrected chi connectivity index (χ4v) is 3.82. The van der Waals surface area contributed by atoms with E-state index in [2.05, 4.69) is 5.32 Å². The van der Waals surface area contributed by atoms with E-state index < -0.39 is 0 Å². The van der Waals surface area contributed by atoms with E-state index in [4.69, 9.17) is 5.11 Å². The van der Waals surface area contributed by atoms with E-state index in [1.807, 2.05) is 24.3 Å². The Labute approximate surface area is 143 Å². The molecule has 0 aromatic heterocycles. The second kappa shape index (κ2) is 7.79. The molecule has 130 valence electrons. The van der Waals surface area contributed by atoms with Gasteiger partial charge in [-0.25, -0.2) is 0 Å². The number of likely N-dealkylation sites (tertiary alicyclic amines) is 1. The smallest absolute Gasteiger partial charge is 0.247 e. The summed E-state index contributed by atoms with van der Waals surface area (Å²) in [7, 11) is 0. The van der Waals surface area contributed by atoms with Gasteiger partial charge in [-0.2, -0.15) is 0 Å². The third-order valence-corrected chi connectivity index (χ3v) is 5.16. The second-order valence-electron chi connectivity index (χ2n) is 6.83. The zero-order valence-electron chi connectivity index (χ0n) is 14.0. The van der Waals surface area contributed by atoms with Crippen LogP contribution >= 0.6 is 0 Å². The fourth-order valence-electron chi connectivity index (χ4n) is 3.82. The Morgan fingerprint density at radius 2 is 1.79 bits per heavy atom. The third-order valence-electron chi connectivity index (χ3n) is 5.16. The molecule has 2 amide bonds. The van der Waals surface area contributed by atoms with Crippen LogP contribution < -0.4 is 5.32 Å². The third kappa shape index (κ3) is 3.78. The molecule has 5 heteroatoms. The predicted octanol–water partition coefficient (Wildman–Crippen LogP) is 2.34. The zero-order chi connectivity index (χ0) is 16.9. The van der Waals surface area contributed by atoms with Crippen molar-refractivity contribution in [2.75, 3.05) is 18.5 Å². The van der Waals surface area contributed by atoms with E-state index in [1.165, 1.54) is 0 Å². The molecule has 0 radical (unpaired) electrons. The van der Waals surface area contributed by atoms with E-state index in [0.29, 0.717) is 13.0 Å². The van der Waals surface area contributed by atoms with Gasteiger partial charge in [-0.1, -0.05) is 25.0 Å². The van der Waals surface area contributed by atoms with Gasteiger partial charge in [0.05, 0.1) is 0 Å². The summed E-state index contributed by atoms with van der Waals surface area (Å²) in [5.74, 6) is 0.202. The number of rotatable bonds is 5. The lowest BCUT2D eigenvalue weighted by atomic mass is 10.1. The van der Waals surface area contributed by atoms with Crippen molar-refractivity contribution < 1.29 is 14.7 Å². The minimum atomic E-state index is -0.338. The lowest BCUT2D eigenvalue weighted by Crippen LogP contribution is -2.45. The number of carbonyl (C=O) groups is 2. The first-order chi connectivity index (χ1) is 11.7. The summed E-state index contributed by atoms with van der Waals surface area (Å²) >= 11 is 0. The van der Waals surface area contributed by atoms with Gasteiger partial charge < -0.3 is 15.3 Å². The van der Waals surface area contributed by atoms with Gasteiger partial charge in [0.1, 0.15) is 6.04 Å². The molecule has 1 aromatic rings.